The molecule has 0 aromatic heterocycles. The van der Waals surface area contributed by atoms with Crippen LogP contribution >= 0.6 is 0 Å². The zero-order valence-electron chi connectivity index (χ0n) is 20.9. The molecule has 7 heteroatoms. The number of hydrogen-bond donors (Lipinski definition) is 2. The second-order valence-corrected chi connectivity index (χ2v) is 10.2. The zero-order valence-corrected chi connectivity index (χ0v) is 20.9. The summed E-state index contributed by atoms with van der Waals surface area (Å²) < 4.78 is 6.57. The maximum Gasteiger partial charge on any atom is 0.258 e. The number of anilines is 1. The molecule has 0 saturated heterocycles. The fourth-order valence-electron chi connectivity index (χ4n) is 4.66. The van der Waals surface area contributed by atoms with E-state index in [-0.39, 0.29) is 42.9 Å². The lowest BCUT2D eigenvalue weighted by Gasteiger charge is -2.38. The van der Waals surface area contributed by atoms with Crippen LogP contribution in [0.15, 0.2) is 48.5 Å². The Bertz CT molecular complexity index is 1020. The highest BCUT2D eigenvalue weighted by atomic mass is 16.5. The summed E-state index contributed by atoms with van der Waals surface area (Å²) in [6, 6.07) is 14.5. The number of aliphatic hydroxyl groups is 1. The van der Waals surface area contributed by atoms with Crippen LogP contribution in [0.5, 0.6) is 5.75 Å². The van der Waals surface area contributed by atoms with Crippen molar-refractivity contribution in [1.29, 1.82) is 0 Å². The summed E-state index contributed by atoms with van der Waals surface area (Å²) in [5.41, 5.74) is 1.82. The first-order valence-electron chi connectivity index (χ1n) is 12.6. The van der Waals surface area contributed by atoms with E-state index in [1.165, 1.54) is 12.8 Å². The molecule has 1 saturated carbocycles. The number of ether oxygens (including phenoxy) is 1. The third-order valence-corrected chi connectivity index (χ3v) is 6.93. The fourth-order valence-corrected chi connectivity index (χ4v) is 4.66. The van der Waals surface area contributed by atoms with E-state index >= 15 is 0 Å². The smallest absolute Gasteiger partial charge is 0.258 e. The van der Waals surface area contributed by atoms with E-state index in [0.29, 0.717) is 23.5 Å². The number of rotatable bonds is 9. The average molecular weight is 480 g/mol. The van der Waals surface area contributed by atoms with E-state index in [2.05, 4.69) is 24.2 Å². The van der Waals surface area contributed by atoms with Crippen molar-refractivity contribution in [2.24, 2.45) is 11.8 Å². The van der Waals surface area contributed by atoms with Crippen molar-refractivity contribution in [1.82, 2.24) is 9.80 Å². The molecule has 1 heterocycles. The molecular weight excluding hydrogens is 442 g/mol. The number of nitrogens with one attached hydrogen (secondary N) is 1. The number of hydrogen-bond acceptors (Lipinski definition) is 5. The number of likely N-dealkylation sites (N-methyl/N-ethyl adjacent to an activating group) is 1. The minimum atomic E-state index is -0.322. The Morgan fingerprint density at radius 2 is 1.91 bits per heavy atom. The molecule has 0 spiro atoms. The van der Waals surface area contributed by atoms with Crippen molar-refractivity contribution in [2.75, 3.05) is 38.6 Å². The van der Waals surface area contributed by atoms with E-state index < -0.39 is 0 Å². The van der Waals surface area contributed by atoms with E-state index in [1.54, 1.807) is 23.1 Å². The van der Waals surface area contributed by atoms with Crippen LogP contribution in [0.4, 0.5) is 5.69 Å². The van der Waals surface area contributed by atoms with Crippen LogP contribution < -0.4 is 10.1 Å². The van der Waals surface area contributed by atoms with Gasteiger partial charge < -0.3 is 25.0 Å². The molecule has 2 aromatic rings. The van der Waals surface area contributed by atoms with Gasteiger partial charge in [0.05, 0.1) is 30.3 Å². The highest BCUT2D eigenvalue weighted by molar-refractivity contribution is 6.02. The lowest BCUT2D eigenvalue weighted by molar-refractivity contribution is -0.115. The van der Waals surface area contributed by atoms with Gasteiger partial charge in [-0.1, -0.05) is 43.3 Å². The molecule has 1 aliphatic carbocycles. The normalized spacial score (nSPS) is 21.1. The summed E-state index contributed by atoms with van der Waals surface area (Å²) in [4.78, 5) is 30.5. The number of aliphatic hydroxyl groups excluding tert-OH is 1. The van der Waals surface area contributed by atoms with E-state index in [4.69, 9.17) is 4.74 Å². The Balaban J connectivity index is 1.63. The molecule has 35 heavy (non-hydrogen) atoms. The van der Waals surface area contributed by atoms with Crippen LogP contribution in [0, 0.1) is 11.8 Å². The highest BCUT2D eigenvalue weighted by Crippen LogP contribution is 2.35. The SMILES string of the molecule is C[C@H](CO)N1C[C@H](C)[C@@H](CN(C)CC2CC2)Oc2c(NC(=O)Cc3ccccc3)cccc2C1=O. The van der Waals surface area contributed by atoms with Crippen LogP contribution in [0.2, 0.25) is 0 Å². The Morgan fingerprint density at radius 3 is 2.60 bits per heavy atom. The van der Waals surface area contributed by atoms with Gasteiger partial charge in [-0.3, -0.25) is 9.59 Å². The number of nitrogens with zero attached hydrogens (tertiary/aromatic N) is 2. The van der Waals surface area contributed by atoms with Crippen LogP contribution in [-0.2, 0) is 11.2 Å². The largest absolute Gasteiger partial charge is 0.486 e. The van der Waals surface area contributed by atoms with Crippen LogP contribution in [0.1, 0.15) is 42.6 Å². The van der Waals surface area contributed by atoms with Gasteiger partial charge in [-0.2, -0.15) is 0 Å². The van der Waals surface area contributed by atoms with Crippen molar-refractivity contribution < 1.29 is 19.4 Å². The lowest BCUT2D eigenvalue weighted by atomic mass is 9.99. The third kappa shape index (κ3) is 6.41. The maximum absolute atomic E-state index is 13.6. The number of carbonyl (C=O) groups is 2. The topological polar surface area (TPSA) is 82.1 Å². The first-order valence-corrected chi connectivity index (χ1v) is 12.6. The Labute approximate surface area is 208 Å². The van der Waals surface area contributed by atoms with Gasteiger partial charge in [-0.25, -0.2) is 0 Å². The van der Waals surface area contributed by atoms with Crippen molar-refractivity contribution in [3.63, 3.8) is 0 Å². The number of para-hydroxylation sites is 1. The van der Waals surface area contributed by atoms with Crippen molar-refractivity contribution in [3.05, 3.63) is 59.7 Å². The predicted molar refractivity (Wildman–Crippen MR) is 137 cm³/mol. The molecule has 2 aromatic carbocycles. The average Bonchev–Trinajstić information content (AvgIpc) is 3.65. The summed E-state index contributed by atoms with van der Waals surface area (Å²) in [5.74, 6) is 0.841. The molecule has 4 rings (SSSR count). The monoisotopic (exact) mass is 479 g/mol. The zero-order chi connectivity index (χ0) is 24.9. The molecule has 0 radical (unpaired) electrons. The Kier molecular flexibility index (Phi) is 8.08. The van der Waals surface area contributed by atoms with Crippen molar-refractivity contribution in [2.45, 2.75) is 45.3 Å². The molecule has 0 bridgehead atoms. The summed E-state index contributed by atoms with van der Waals surface area (Å²) in [5, 5.41) is 12.8. The molecule has 2 N–H and O–H groups in total. The van der Waals surface area contributed by atoms with Crippen molar-refractivity contribution >= 4 is 17.5 Å². The van der Waals surface area contributed by atoms with E-state index in [1.807, 2.05) is 37.3 Å². The molecule has 2 aliphatic rings. The van der Waals surface area contributed by atoms with E-state index in [0.717, 1.165) is 24.6 Å². The van der Waals surface area contributed by atoms with Crippen LogP contribution in [0.25, 0.3) is 0 Å². The van der Waals surface area contributed by atoms with Gasteiger partial charge in [-0.05, 0) is 50.4 Å². The van der Waals surface area contributed by atoms with Gasteiger partial charge >= 0.3 is 0 Å². The molecule has 2 amide bonds. The molecule has 1 fully saturated rings. The number of carbonyl (C=O) groups excluding carboxylic acids is 2. The summed E-state index contributed by atoms with van der Waals surface area (Å²) in [7, 11) is 2.11. The number of benzene rings is 2. The van der Waals surface area contributed by atoms with Gasteiger partial charge in [0, 0.05) is 25.6 Å². The Hall–Kier alpha value is -2.90. The first kappa shape index (κ1) is 25.2. The standard InChI is InChI=1S/C28H37N3O4/c1-19-15-31(20(2)18-32)28(34)23-10-7-11-24(29-26(33)14-21-8-5-4-6-9-21)27(23)35-25(19)17-30(3)16-22-12-13-22/h4-11,19-20,22,25,32H,12-18H2,1-3H3,(H,29,33)/t19-,20+,25+/m0/s1. The minimum absolute atomic E-state index is 0.0378. The maximum atomic E-state index is 13.6. The third-order valence-electron chi connectivity index (χ3n) is 6.93. The summed E-state index contributed by atoms with van der Waals surface area (Å²) in [6.07, 6.45) is 2.62. The van der Waals surface area contributed by atoms with Crippen LogP contribution in [-0.4, -0.2) is 72.2 Å². The molecule has 0 unspecified atom stereocenters. The molecule has 7 nitrogen and oxygen atoms in total. The molecule has 3 atom stereocenters. The second kappa shape index (κ2) is 11.2. The second-order valence-electron chi connectivity index (χ2n) is 10.2. The van der Waals surface area contributed by atoms with Gasteiger partial charge in [0.1, 0.15) is 6.10 Å². The predicted octanol–water partition coefficient (Wildman–Crippen LogP) is 3.43. The number of amides is 2. The fraction of sp³-hybridized carbons (Fsp3) is 0.500. The minimum Gasteiger partial charge on any atom is -0.486 e. The van der Waals surface area contributed by atoms with Gasteiger partial charge in [0.25, 0.3) is 5.91 Å². The van der Waals surface area contributed by atoms with Gasteiger partial charge in [-0.15, -0.1) is 0 Å². The Morgan fingerprint density at radius 1 is 1.17 bits per heavy atom. The van der Waals surface area contributed by atoms with Gasteiger partial charge in [0.2, 0.25) is 5.91 Å². The van der Waals surface area contributed by atoms with Crippen molar-refractivity contribution in [3.8, 4) is 5.75 Å². The molecular formula is C28H37N3O4. The highest BCUT2D eigenvalue weighted by Gasteiger charge is 2.35. The van der Waals surface area contributed by atoms with E-state index in [9.17, 15) is 14.7 Å². The summed E-state index contributed by atoms with van der Waals surface area (Å²) in [6.45, 7) is 6.07. The lowest BCUT2D eigenvalue weighted by Crippen LogP contribution is -2.50. The van der Waals surface area contributed by atoms with Gasteiger partial charge in [0.15, 0.2) is 5.75 Å². The molecule has 1 aliphatic heterocycles. The number of fused-ring (bicyclic) bond motifs is 1. The quantitative estimate of drug-likeness (QED) is 0.576. The van der Waals surface area contributed by atoms with Crippen LogP contribution in [0.3, 0.4) is 0 Å². The first-order chi connectivity index (χ1) is 16.9. The molecule has 188 valence electrons. The summed E-state index contributed by atoms with van der Waals surface area (Å²) >= 11 is 0.